The molecule has 1 atom stereocenters. The Morgan fingerprint density at radius 3 is 2.19 bits per heavy atom. The van der Waals surface area contributed by atoms with Crippen LogP contribution in [0.2, 0.25) is 0 Å². The Labute approximate surface area is 187 Å². The monoisotopic (exact) mass is 434 g/mol. The molecule has 2 N–H and O–H groups in total. The zero-order valence-electron chi connectivity index (χ0n) is 18.2. The number of likely N-dealkylation sites (N-methyl/N-ethyl adjacent to an activating group) is 1. The van der Waals surface area contributed by atoms with E-state index in [9.17, 15) is 9.18 Å². The Morgan fingerprint density at radius 2 is 1.59 bits per heavy atom. The predicted octanol–water partition coefficient (Wildman–Crippen LogP) is 5.40. The molecule has 6 nitrogen and oxygen atoms in total. The van der Waals surface area contributed by atoms with Crippen molar-refractivity contribution in [2.45, 2.75) is 12.5 Å². The van der Waals surface area contributed by atoms with Crippen molar-refractivity contribution in [2.75, 3.05) is 42.7 Å². The van der Waals surface area contributed by atoms with E-state index in [1.807, 2.05) is 24.3 Å². The molecule has 0 bridgehead atoms. The van der Waals surface area contributed by atoms with E-state index in [1.165, 1.54) is 6.07 Å². The van der Waals surface area contributed by atoms with E-state index in [4.69, 9.17) is 4.74 Å². The number of benzene rings is 3. The third-order valence-electron chi connectivity index (χ3n) is 5.56. The second-order valence-electron chi connectivity index (χ2n) is 8.03. The topological polar surface area (TPSA) is 56.8 Å². The van der Waals surface area contributed by atoms with Gasteiger partial charge in [0.1, 0.15) is 5.75 Å². The third-order valence-corrected chi connectivity index (χ3v) is 5.56. The first-order chi connectivity index (χ1) is 15.5. The molecule has 1 saturated heterocycles. The van der Waals surface area contributed by atoms with Gasteiger partial charge in [-0.1, -0.05) is 12.1 Å². The predicted molar refractivity (Wildman–Crippen MR) is 126 cm³/mol. The molecule has 0 aliphatic carbocycles. The van der Waals surface area contributed by atoms with Crippen LogP contribution in [-0.4, -0.2) is 44.2 Å². The smallest absolute Gasteiger partial charge is 0.323 e. The zero-order valence-corrected chi connectivity index (χ0v) is 18.2. The fraction of sp³-hybridized carbons (Fsp3) is 0.240. The lowest BCUT2D eigenvalue weighted by Gasteiger charge is -2.22. The van der Waals surface area contributed by atoms with E-state index < -0.39 is 5.82 Å². The van der Waals surface area contributed by atoms with E-state index in [1.54, 1.807) is 42.5 Å². The molecule has 1 unspecified atom stereocenters. The van der Waals surface area contributed by atoms with E-state index >= 15 is 0 Å². The largest absolute Gasteiger partial charge is 0.454 e. The van der Waals surface area contributed by atoms with Gasteiger partial charge in [-0.25, -0.2) is 9.18 Å². The van der Waals surface area contributed by atoms with Crippen molar-refractivity contribution in [3.8, 4) is 11.5 Å². The van der Waals surface area contributed by atoms with E-state index in [0.29, 0.717) is 23.2 Å². The fourth-order valence-corrected chi connectivity index (χ4v) is 3.71. The van der Waals surface area contributed by atoms with Crippen molar-refractivity contribution < 1.29 is 13.9 Å². The number of urea groups is 1. The molecule has 7 heteroatoms. The minimum absolute atomic E-state index is 0.153. The first-order valence-corrected chi connectivity index (χ1v) is 10.6. The summed E-state index contributed by atoms with van der Waals surface area (Å²) in [5.41, 5.74) is 2.48. The van der Waals surface area contributed by atoms with Crippen LogP contribution in [0.4, 0.5) is 26.2 Å². The van der Waals surface area contributed by atoms with Crippen molar-refractivity contribution in [2.24, 2.45) is 0 Å². The number of carbonyl (C=O) groups excluding carboxylic acids is 1. The Morgan fingerprint density at radius 1 is 0.969 bits per heavy atom. The van der Waals surface area contributed by atoms with Crippen LogP contribution >= 0.6 is 0 Å². The second kappa shape index (κ2) is 9.70. The fourth-order valence-electron chi connectivity index (χ4n) is 3.71. The minimum Gasteiger partial charge on any atom is -0.454 e. The first-order valence-electron chi connectivity index (χ1n) is 10.6. The molecule has 166 valence electrons. The highest BCUT2D eigenvalue weighted by Crippen LogP contribution is 2.26. The summed E-state index contributed by atoms with van der Waals surface area (Å²) in [5.74, 6) is 0.206. The SMILES string of the molecule is CN(C)C1CCN(c2ccc(NC(=O)Nc3ccc(Oc4ccccc4F)cc3)cc2)C1. The van der Waals surface area contributed by atoms with Crippen LogP contribution in [0, 0.1) is 5.82 Å². The van der Waals surface area contributed by atoms with Gasteiger partial charge in [-0.2, -0.15) is 0 Å². The molecule has 2 amide bonds. The Balaban J connectivity index is 1.29. The van der Waals surface area contributed by atoms with Crippen molar-refractivity contribution in [3.05, 3.63) is 78.6 Å². The van der Waals surface area contributed by atoms with Gasteiger partial charge in [0.25, 0.3) is 0 Å². The summed E-state index contributed by atoms with van der Waals surface area (Å²) in [4.78, 5) is 17.0. The molecule has 0 saturated carbocycles. The summed E-state index contributed by atoms with van der Waals surface area (Å²) in [6.07, 6.45) is 1.15. The van der Waals surface area contributed by atoms with Gasteiger partial charge in [0.05, 0.1) is 0 Å². The summed E-state index contributed by atoms with van der Waals surface area (Å²) >= 11 is 0. The number of rotatable bonds is 6. The summed E-state index contributed by atoms with van der Waals surface area (Å²) in [5, 5.41) is 5.62. The lowest BCUT2D eigenvalue weighted by atomic mass is 10.2. The number of amides is 2. The second-order valence-corrected chi connectivity index (χ2v) is 8.03. The lowest BCUT2D eigenvalue weighted by Crippen LogP contribution is -2.31. The standard InChI is InChI=1S/C25H27FN4O2/c1-29(2)21-15-16-30(17-21)20-11-7-18(8-12-20)27-25(31)28-19-9-13-22(14-10-19)32-24-6-4-3-5-23(24)26/h3-14,21H,15-17H2,1-2H3,(H2,27,28,31). The average molecular weight is 435 g/mol. The molecule has 3 aromatic rings. The van der Waals surface area contributed by atoms with Crippen molar-refractivity contribution in [1.82, 2.24) is 4.90 Å². The van der Waals surface area contributed by atoms with Crippen LogP contribution in [0.15, 0.2) is 72.8 Å². The van der Waals surface area contributed by atoms with Gasteiger partial charge in [-0.15, -0.1) is 0 Å². The van der Waals surface area contributed by atoms with Gasteiger partial charge in [0.15, 0.2) is 11.6 Å². The Kier molecular flexibility index (Phi) is 6.56. The minimum atomic E-state index is -0.428. The van der Waals surface area contributed by atoms with E-state index in [2.05, 4.69) is 34.5 Å². The van der Waals surface area contributed by atoms with E-state index in [0.717, 1.165) is 25.2 Å². The third kappa shape index (κ3) is 5.36. The summed E-state index contributed by atoms with van der Waals surface area (Å²) < 4.78 is 19.2. The number of hydrogen-bond donors (Lipinski definition) is 2. The Hall–Kier alpha value is -3.58. The highest BCUT2D eigenvalue weighted by atomic mass is 19.1. The van der Waals surface area contributed by atoms with Crippen molar-refractivity contribution >= 4 is 23.1 Å². The van der Waals surface area contributed by atoms with Crippen molar-refractivity contribution in [3.63, 3.8) is 0 Å². The number of nitrogens with one attached hydrogen (secondary N) is 2. The zero-order chi connectivity index (χ0) is 22.5. The molecule has 1 aliphatic rings. The molecule has 3 aromatic carbocycles. The highest BCUT2D eigenvalue weighted by Gasteiger charge is 2.23. The van der Waals surface area contributed by atoms with Gasteiger partial charge < -0.3 is 25.2 Å². The number of ether oxygens (including phenoxy) is 1. The maximum Gasteiger partial charge on any atom is 0.323 e. The average Bonchev–Trinajstić information content (AvgIpc) is 3.28. The van der Waals surface area contributed by atoms with Gasteiger partial charge in [0.2, 0.25) is 0 Å². The normalized spacial score (nSPS) is 15.6. The number of anilines is 3. The van der Waals surface area contributed by atoms with Gasteiger partial charge in [-0.05, 0) is 81.2 Å². The highest BCUT2D eigenvalue weighted by molar-refractivity contribution is 5.99. The number of para-hydroxylation sites is 1. The Bertz CT molecular complexity index is 1050. The molecule has 1 heterocycles. The van der Waals surface area contributed by atoms with Crippen molar-refractivity contribution in [1.29, 1.82) is 0 Å². The van der Waals surface area contributed by atoms with Gasteiger partial charge in [0, 0.05) is 36.2 Å². The summed E-state index contributed by atoms with van der Waals surface area (Å²) in [6, 6.07) is 21.1. The number of nitrogens with zero attached hydrogens (tertiary/aromatic N) is 2. The molecule has 0 radical (unpaired) electrons. The summed E-state index contributed by atoms with van der Waals surface area (Å²) in [7, 11) is 4.23. The molecule has 4 rings (SSSR count). The van der Waals surface area contributed by atoms with Crippen LogP contribution in [-0.2, 0) is 0 Å². The first kappa shape index (κ1) is 21.6. The molecular formula is C25H27FN4O2. The number of halogens is 1. The van der Waals surface area contributed by atoms with Crippen LogP contribution in [0.3, 0.4) is 0 Å². The van der Waals surface area contributed by atoms with Crippen LogP contribution in [0.25, 0.3) is 0 Å². The molecule has 0 spiro atoms. The molecule has 1 aliphatic heterocycles. The van der Waals surface area contributed by atoms with Gasteiger partial charge >= 0.3 is 6.03 Å². The van der Waals surface area contributed by atoms with Crippen LogP contribution in [0.5, 0.6) is 11.5 Å². The summed E-state index contributed by atoms with van der Waals surface area (Å²) in [6.45, 7) is 2.05. The molecule has 1 fully saturated rings. The maximum absolute atomic E-state index is 13.7. The van der Waals surface area contributed by atoms with Crippen LogP contribution in [0.1, 0.15) is 6.42 Å². The van der Waals surface area contributed by atoms with E-state index in [-0.39, 0.29) is 11.8 Å². The van der Waals surface area contributed by atoms with Gasteiger partial charge in [-0.3, -0.25) is 0 Å². The molecule has 32 heavy (non-hydrogen) atoms. The molecule has 0 aromatic heterocycles. The lowest BCUT2D eigenvalue weighted by molar-refractivity contribution is 0.262. The quantitative estimate of drug-likeness (QED) is 0.545. The maximum atomic E-state index is 13.7. The number of hydrogen-bond acceptors (Lipinski definition) is 4. The molecular weight excluding hydrogens is 407 g/mol. The van der Waals surface area contributed by atoms with Crippen LogP contribution < -0.4 is 20.3 Å². The number of carbonyl (C=O) groups is 1.